The molecule has 0 spiro atoms. The number of benzene rings is 1. The largest absolute Gasteiger partial charge is 0.396 e. The molecule has 0 aliphatic carbocycles. The summed E-state index contributed by atoms with van der Waals surface area (Å²) in [5.74, 6) is -0.961. The van der Waals surface area contributed by atoms with Gasteiger partial charge in [0.2, 0.25) is 10.0 Å². The number of sulfonamides is 1. The molecule has 21 heavy (non-hydrogen) atoms. The number of nitrogens with two attached hydrogens (primary N) is 1. The minimum atomic E-state index is -3.98. The summed E-state index contributed by atoms with van der Waals surface area (Å²) in [7, 11) is -3.98. The number of anilines is 1. The van der Waals surface area contributed by atoms with Crippen molar-refractivity contribution in [1.29, 1.82) is 0 Å². The molecule has 0 radical (unpaired) electrons. The average Bonchev–Trinajstić information content (AvgIpc) is 2.40. The first-order chi connectivity index (χ1) is 9.81. The first kappa shape index (κ1) is 18.2. The van der Waals surface area contributed by atoms with E-state index in [-0.39, 0.29) is 16.8 Å². The number of halogens is 2. The van der Waals surface area contributed by atoms with E-state index in [0.717, 1.165) is 31.7 Å². The van der Waals surface area contributed by atoms with Gasteiger partial charge in [-0.05, 0) is 25.0 Å². The van der Waals surface area contributed by atoms with E-state index in [2.05, 4.69) is 4.72 Å². The van der Waals surface area contributed by atoms with Crippen molar-refractivity contribution >= 4 is 27.3 Å². The van der Waals surface area contributed by atoms with E-state index in [1.54, 1.807) is 0 Å². The smallest absolute Gasteiger partial charge is 0.243 e. The molecule has 0 amide bonds. The molecule has 7 heteroatoms. The quantitative estimate of drug-likeness (QED) is 0.711. The topological polar surface area (TPSA) is 72.2 Å². The van der Waals surface area contributed by atoms with Gasteiger partial charge in [-0.3, -0.25) is 0 Å². The van der Waals surface area contributed by atoms with Gasteiger partial charge in [0.25, 0.3) is 0 Å². The highest BCUT2D eigenvalue weighted by atomic mass is 35.5. The Labute approximate surface area is 130 Å². The van der Waals surface area contributed by atoms with Crippen molar-refractivity contribution in [3.05, 3.63) is 23.0 Å². The Hall–Kier alpha value is -0.850. The van der Waals surface area contributed by atoms with Gasteiger partial charge in [-0.15, -0.1) is 0 Å². The van der Waals surface area contributed by atoms with Crippen LogP contribution in [-0.4, -0.2) is 14.5 Å². The number of nitrogen functional groups attached to an aromatic ring is 1. The van der Waals surface area contributed by atoms with E-state index < -0.39 is 20.7 Å². The lowest BCUT2D eigenvalue weighted by Gasteiger charge is -2.18. The van der Waals surface area contributed by atoms with E-state index in [1.165, 1.54) is 6.07 Å². The van der Waals surface area contributed by atoms with Gasteiger partial charge in [-0.2, -0.15) is 0 Å². The SMILES string of the molecule is CCCCC(CCC)NS(=O)(=O)c1cc(Cl)cc(N)c1F. The number of unbranched alkanes of at least 4 members (excludes halogenated alkanes) is 1. The van der Waals surface area contributed by atoms with Gasteiger partial charge in [0.05, 0.1) is 5.69 Å². The van der Waals surface area contributed by atoms with Crippen LogP contribution in [0.3, 0.4) is 0 Å². The highest BCUT2D eigenvalue weighted by molar-refractivity contribution is 7.89. The van der Waals surface area contributed by atoms with Gasteiger partial charge >= 0.3 is 0 Å². The fourth-order valence-corrected chi connectivity index (χ4v) is 3.85. The summed E-state index contributed by atoms with van der Waals surface area (Å²) in [6.45, 7) is 4.01. The normalized spacial score (nSPS) is 13.3. The summed E-state index contributed by atoms with van der Waals surface area (Å²) in [5.41, 5.74) is 5.16. The molecule has 4 nitrogen and oxygen atoms in total. The van der Waals surface area contributed by atoms with Crippen LogP contribution in [0.15, 0.2) is 17.0 Å². The standard InChI is InChI=1S/C14H22ClFN2O2S/c1-3-5-7-11(6-4-2)18-21(19,20)13-9-10(15)8-12(17)14(13)16/h8-9,11,18H,3-7,17H2,1-2H3. The third-order valence-corrected chi connectivity index (χ3v) is 4.92. The van der Waals surface area contributed by atoms with Crippen molar-refractivity contribution in [1.82, 2.24) is 4.72 Å². The summed E-state index contributed by atoms with van der Waals surface area (Å²) < 4.78 is 41.2. The van der Waals surface area contributed by atoms with Crippen LogP contribution in [0, 0.1) is 5.82 Å². The molecule has 0 bridgehead atoms. The van der Waals surface area contributed by atoms with Crippen LogP contribution in [0.4, 0.5) is 10.1 Å². The highest BCUT2D eigenvalue weighted by Crippen LogP contribution is 2.25. The van der Waals surface area contributed by atoms with E-state index in [4.69, 9.17) is 17.3 Å². The van der Waals surface area contributed by atoms with Crippen LogP contribution < -0.4 is 10.5 Å². The van der Waals surface area contributed by atoms with E-state index in [1.807, 2.05) is 13.8 Å². The lowest BCUT2D eigenvalue weighted by molar-refractivity contribution is 0.480. The molecule has 1 unspecified atom stereocenters. The fourth-order valence-electron chi connectivity index (χ4n) is 2.12. The maximum atomic E-state index is 14.0. The molecule has 1 rings (SSSR count). The Bertz CT molecular complexity index is 579. The minimum Gasteiger partial charge on any atom is -0.396 e. The molecule has 0 saturated carbocycles. The summed E-state index contributed by atoms with van der Waals surface area (Å²) in [6.07, 6.45) is 4.16. The third-order valence-electron chi connectivity index (χ3n) is 3.19. The molecule has 0 heterocycles. The Morgan fingerprint density at radius 1 is 1.29 bits per heavy atom. The lowest BCUT2D eigenvalue weighted by atomic mass is 10.1. The van der Waals surface area contributed by atoms with Crippen LogP contribution in [0.25, 0.3) is 0 Å². The number of rotatable bonds is 8. The van der Waals surface area contributed by atoms with E-state index >= 15 is 0 Å². The van der Waals surface area contributed by atoms with Crippen molar-refractivity contribution in [2.75, 3.05) is 5.73 Å². The van der Waals surface area contributed by atoms with Crippen LogP contribution in [0.2, 0.25) is 5.02 Å². The van der Waals surface area contributed by atoms with E-state index in [9.17, 15) is 12.8 Å². The van der Waals surface area contributed by atoms with Crippen molar-refractivity contribution in [2.45, 2.75) is 56.9 Å². The van der Waals surface area contributed by atoms with Crippen molar-refractivity contribution in [3.63, 3.8) is 0 Å². The van der Waals surface area contributed by atoms with Gasteiger partial charge in [0.1, 0.15) is 4.90 Å². The van der Waals surface area contributed by atoms with Crippen molar-refractivity contribution < 1.29 is 12.8 Å². The van der Waals surface area contributed by atoms with Crippen LogP contribution in [-0.2, 0) is 10.0 Å². The highest BCUT2D eigenvalue weighted by Gasteiger charge is 2.24. The monoisotopic (exact) mass is 336 g/mol. The molecule has 1 atom stereocenters. The fraction of sp³-hybridized carbons (Fsp3) is 0.571. The summed E-state index contributed by atoms with van der Waals surface area (Å²) in [4.78, 5) is -0.495. The predicted octanol–water partition coefficient (Wildman–Crippen LogP) is 3.70. The molecule has 0 fully saturated rings. The molecular weight excluding hydrogens is 315 g/mol. The Balaban J connectivity index is 3.04. The second-order valence-electron chi connectivity index (χ2n) is 5.06. The zero-order valence-corrected chi connectivity index (χ0v) is 13.9. The summed E-state index contributed by atoms with van der Waals surface area (Å²) in [5, 5.41) is 0.0925. The maximum absolute atomic E-state index is 14.0. The first-order valence-electron chi connectivity index (χ1n) is 7.08. The van der Waals surface area contributed by atoms with Gasteiger partial charge in [-0.25, -0.2) is 17.5 Å². The summed E-state index contributed by atoms with van der Waals surface area (Å²) in [6, 6.07) is 2.06. The van der Waals surface area contributed by atoms with Crippen LogP contribution in [0.1, 0.15) is 46.0 Å². The molecule has 0 aliphatic heterocycles. The Morgan fingerprint density at radius 3 is 2.52 bits per heavy atom. The second-order valence-corrected chi connectivity index (χ2v) is 7.18. The molecule has 1 aromatic rings. The van der Waals surface area contributed by atoms with Crippen LogP contribution in [0.5, 0.6) is 0 Å². The number of nitrogens with one attached hydrogen (secondary N) is 1. The van der Waals surface area contributed by atoms with Gasteiger partial charge in [0, 0.05) is 11.1 Å². The van der Waals surface area contributed by atoms with Crippen molar-refractivity contribution in [2.24, 2.45) is 0 Å². The third kappa shape index (κ3) is 5.13. The zero-order valence-electron chi connectivity index (χ0n) is 12.3. The maximum Gasteiger partial charge on any atom is 0.243 e. The summed E-state index contributed by atoms with van der Waals surface area (Å²) >= 11 is 5.77. The number of hydrogen-bond acceptors (Lipinski definition) is 3. The van der Waals surface area contributed by atoms with E-state index in [0.29, 0.717) is 6.42 Å². The molecule has 1 aromatic carbocycles. The number of hydrogen-bond donors (Lipinski definition) is 2. The molecule has 3 N–H and O–H groups in total. The average molecular weight is 337 g/mol. The van der Waals surface area contributed by atoms with Gasteiger partial charge < -0.3 is 5.73 Å². The van der Waals surface area contributed by atoms with Crippen molar-refractivity contribution in [3.8, 4) is 0 Å². The zero-order chi connectivity index (χ0) is 16.0. The molecule has 0 aliphatic rings. The predicted molar refractivity (Wildman–Crippen MR) is 84.4 cm³/mol. The molecular formula is C14H22ClFN2O2S. The molecule has 0 saturated heterocycles. The van der Waals surface area contributed by atoms with Gasteiger partial charge in [0.15, 0.2) is 5.82 Å². The Kier molecular flexibility index (Phi) is 6.90. The van der Waals surface area contributed by atoms with Gasteiger partial charge in [-0.1, -0.05) is 44.7 Å². The van der Waals surface area contributed by atoms with Crippen LogP contribution >= 0.6 is 11.6 Å². The molecule has 0 aromatic heterocycles. The Morgan fingerprint density at radius 2 is 1.95 bits per heavy atom. The minimum absolute atomic E-state index is 0.0925. The molecule has 120 valence electrons. The lowest BCUT2D eigenvalue weighted by Crippen LogP contribution is -2.35. The first-order valence-corrected chi connectivity index (χ1v) is 8.94. The second kappa shape index (κ2) is 7.96.